The fourth-order valence-electron chi connectivity index (χ4n) is 2.16. The van der Waals surface area contributed by atoms with Crippen LogP contribution in [0.15, 0.2) is 6.07 Å². The number of thiophene rings is 1. The molecule has 0 radical (unpaired) electrons. The van der Waals surface area contributed by atoms with E-state index in [1.165, 1.54) is 4.88 Å². The molecule has 3 heterocycles. The minimum atomic E-state index is 0.0816. The summed E-state index contributed by atoms with van der Waals surface area (Å²) in [5.41, 5.74) is 0. The van der Waals surface area contributed by atoms with E-state index >= 15 is 0 Å². The fraction of sp³-hybridized carbons (Fsp3) is 0.417. The summed E-state index contributed by atoms with van der Waals surface area (Å²) in [7, 11) is 1.80. The molecule has 0 bridgehead atoms. The third-order valence-corrected chi connectivity index (χ3v) is 4.00. The molecule has 1 unspecified atom stereocenters. The quantitative estimate of drug-likeness (QED) is 0.789. The van der Waals surface area contributed by atoms with Crippen LogP contribution in [0, 0.1) is 6.92 Å². The van der Waals surface area contributed by atoms with Crippen molar-refractivity contribution >= 4 is 39.2 Å². The molecule has 100 valence electrons. The van der Waals surface area contributed by atoms with Crippen molar-refractivity contribution in [3.63, 3.8) is 0 Å². The molecule has 0 aromatic carbocycles. The van der Waals surface area contributed by atoms with Gasteiger partial charge in [0, 0.05) is 24.9 Å². The van der Waals surface area contributed by atoms with Crippen LogP contribution in [-0.2, 0) is 4.79 Å². The van der Waals surface area contributed by atoms with Gasteiger partial charge in [0.2, 0.25) is 11.9 Å². The predicted octanol–water partition coefficient (Wildman–Crippen LogP) is 1.34. The van der Waals surface area contributed by atoms with Crippen molar-refractivity contribution in [3.8, 4) is 0 Å². The van der Waals surface area contributed by atoms with Crippen LogP contribution in [0.1, 0.15) is 11.3 Å². The first-order chi connectivity index (χ1) is 9.15. The van der Waals surface area contributed by atoms with Gasteiger partial charge in [-0.15, -0.1) is 11.3 Å². The molecule has 0 spiro atoms. The van der Waals surface area contributed by atoms with Crippen LogP contribution in [0.25, 0.3) is 10.2 Å². The molecule has 1 atom stereocenters. The van der Waals surface area contributed by atoms with Gasteiger partial charge in [0.25, 0.3) is 0 Å². The largest absolute Gasteiger partial charge is 0.364 e. The van der Waals surface area contributed by atoms with E-state index in [9.17, 15) is 4.79 Å². The van der Waals surface area contributed by atoms with Crippen LogP contribution < -0.4 is 16.0 Å². The number of hydrogen-bond donors (Lipinski definition) is 3. The number of fused-ring (bicyclic) bond motifs is 1. The van der Waals surface area contributed by atoms with Gasteiger partial charge in [-0.2, -0.15) is 4.98 Å². The van der Waals surface area contributed by atoms with Crippen molar-refractivity contribution in [1.82, 2.24) is 15.3 Å². The summed E-state index contributed by atoms with van der Waals surface area (Å²) < 4.78 is 0. The summed E-state index contributed by atoms with van der Waals surface area (Å²) in [4.78, 5) is 22.3. The first kappa shape index (κ1) is 12.2. The Bertz CT molecular complexity index is 638. The minimum absolute atomic E-state index is 0.0816. The number of rotatable bonds is 3. The van der Waals surface area contributed by atoms with Crippen molar-refractivity contribution in [3.05, 3.63) is 10.9 Å². The second-order valence-corrected chi connectivity index (χ2v) is 5.81. The molecular weight excluding hydrogens is 262 g/mol. The van der Waals surface area contributed by atoms with Crippen molar-refractivity contribution in [2.24, 2.45) is 0 Å². The van der Waals surface area contributed by atoms with E-state index in [4.69, 9.17) is 0 Å². The maximum absolute atomic E-state index is 11.2. The fourth-order valence-corrected chi connectivity index (χ4v) is 3.04. The van der Waals surface area contributed by atoms with Gasteiger partial charge in [0.15, 0.2) is 0 Å². The van der Waals surface area contributed by atoms with Gasteiger partial charge in [-0.05, 0) is 13.0 Å². The Hall–Kier alpha value is -1.89. The van der Waals surface area contributed by atoms with Gasteiger partial charge in [0.1, 0.15) is 10.6 Å². The van der Waals surface area contributed by atoms with E-state index in [2.05, 4.69) is 38.9 Å². The normalized spacial score (nSPS) is 18.6. The summed E-state index contributed by atoms with van der Waals surface area (Å²) in [6.45, 7) is 2.69. The molecule has 1 saturated heterocycles. The Morgan fingerprint density at radius 3 is 3.00 bits per heavy atom. The molecule has 7 heteroatoms. The highest BCUT2D eigenvalue weighted by atomic mass is 32.1. The Labute approximate surface area is 114 Å². The zero-order valence-electron chi connectivity index (χ0n) is 10.8. The number of anilines is 2. The maximum atomic E-state index is 11.2. The Kier molecular flexibility index (Phi) is 2.98. The van der Waals surface area contributed by atoms with Crippen LogP contribution in [-0.4, -0.2) is 35.5 Å². The summed E-state index contributed by atoms with van der Waals surface area (Å²) in [5, 5.41) is 10.1. The Morgan fingerprint density at radius 2 is 2.32 bits per heavy atom. The highest BCUT2D eigenvalue weighted by Gasteiger charge is 2.22. The Balaban J connectivity index is 1.98. The first-order valence-electron chi connectivity index (χ1n) is 6.15. The second-order valence-electron chi connectivity index (χ2n) is 4.57. The predicted molar refractivity (Wildman–Crippen MR) is 76.7 cm³/mol. The van der Waals surface area contributed by atoms with E-state index < -0.39 is 0 Å². The molecule has 2 aromatic heterocycles. The molecule has 1 fully saturated rings. The van der Waals surface area contributed by atoms with E-state index in [1.54, 1.807) is 18.4 Å². The standard InChI is InChI=1S/C12H15N5OS/c1-6-3-8-10(15-7-4-9(18)14-5-7)16-12(13-2)17-11(8)19-6/h3,7H,4-5H2,1-2H3,(H,14,18)(H2,13,15,16,17). The van der Waals surface area contributed by atoms with Crippen LogP contribution in [0.3, 0.4) is 0 Å². The Morgan fingerprint density at radius 1 is 1.47 bits per heavy atom. The highest BCUT2D eigenvalue weighted by Crippen LogP contribution is 2.30. The zero-order valence-corrected chi connectivity index (χ0v) is 11.6. The highest BCUT2D eigenvalue weighted by molar-refractivity contribution is 7.18. The van der Waals surface area contributed by atoms with Crippen LogP contribution in [0.2, 0.25) is 0 Å². The molecule has 3 N–H and O–H groups in total. The lowest BCUT2D eigenvalue weighted by Crippen LogP contribution is -2.23. The number of carbonyl (C=O) groups is 1. The van der Waals surface area contributed by atoms with E-state index in [-0.39, 0.29) is 11.9 Å². The number of carbonyl (C=O) groups excluding carboxylic acids is 1. The lowest BCUT2D eigenvalue weighted by atomic mass is 10.2. The van der Waals surface area contributed by atoms with Crippen LogP contribution in [0.4, 0.5) is 11.8 Å². The van der Waals surface area contributed by atoms with E-state index in [1.807, 2.05) is 0 Å². The molecule has 3 rings (SSSR count). The summed E-state index contributed by atoms with van der Waals surface area (Å²) >= 11 is 1.64. The molecule has 1 aliphatic heterocycles. The lowest BCUT2D eigenvalue weighted by molar-refractivity contribution is -0.119. The summed E-state index contributed by atoms with van der Waals surface area (Å²) in [6.07, 6.45) is 0.490. The SMILES string of the molecule is CNc1nc(NC2CNC(=O)C2)c2cc(C)sc2n1. The zero-order chi connectivity index (χ0) is 13.4. The molecule has 0 aliphatic carbocycles. The second kappa shape index (κ2) is 4.65. The third kappa shape index (κ3) is 2.33. The molecule has 0 saturated carbocycles. The first-order valence-corrected chi connectivity index (χ1v) is 6.96. The van der Waals surface area contributed by atoms with Crippen LogP contribution >= 0.6 is 11.3 Å². The number of amides is 1. The molecule has 19 heavy (non-hydrogen) atoms. The third-order valence-electron chi connectivity index (χ3n) is 3.06. The maximum Gasteiger partial charge on any atom is 0.225 e. The topological polar surface area (TPSA) is 78.9 Å². The minimum Gasteiger partial charge on any atom is -0.364 e. The van der Waals surface area contributed by atoms with Crippen molar-refractivity contribution in [2.45, 2.75) is 19.4 Å². The number of nitrogens with one attached hydrogen (secondary N) is 3. The number of nitrogens with zero attached hydrogens (tertiary/aromatic N) is 2. The van der Waals surface area contributed by atoms with Gasteiger partial charge in [-0.1, -0.05) is 0 Å². The molecule has 6 nitrogen and oxygen atoms in total. The van der Waals surface area contributed by atoms with Gasteiger partial charge < -0.3 is 16.0 Å². The lowest BCUT2D eigenvalue weighted by Gasteiger charge is -2.12. The molecule has 1 amide bonds. The molecule has 2 aromatic rings. The molecule has 1 aliphatic rings. The number of aryl methyl sites for hydroxylation is 1. The van der Waals surface area contributed by atoms with E-state index in [0.29, 0.717) is 18.9 Å². The van der Waals surface area contributed by atoms with E-state index in [0.717, 1.165) is 16.0 Å². The van der Waals surface area contributed by atoms with Crippen LogP contribution in [0.5, 0.6) is 0 Å². The van der Waals surface area contributed by atoms with Crippen molar-refractivity contribution < 1.29 is 4.79 Å². The summed E-state index contributed by atoms with van der Waals surface area (Å²) in [6, 6.07) is 2.17. The van der Waals surface area contributed by atoms with Gasteiger partial charge >= 0.3 is 0 Å². The van der Waals surface area contributed by atoms with Gasteiger partial charge in [0.05, 0.1) is 11.4 Å². The van der Waals surface area contributed by atoms with Gasteiger partial charge in [-0.25, -0.2) is 4.98 Å². The summed E-state index contributed by atoms with van der Waals surface area (Å²) in [5.74, 6) is 1.47. The average molecular weight is 277 g/mol. The molecular formula is C12H15N5OS. The van der Waals surface area contributed by atoms with Crippen molar-refractivity contribution in [2.75, 3.05) is 24.2 Å². The van der Waals surface area contributed by atoms with Gasteiger partial charge in [-0.3, -0.25) is 4.79 Å². The number of aromatic nitrogens is 2. The number of hydrogen-bond acceptors (Lipinski definition) is 6. The van der Waals surface area contributed by atoms with Crippen molar-refractivity contribution in [1.29, 1.82) is 0 Å². The monoisotopic (exact) mass is 277 g/mol. The average Bonchev–Trinajstić information content (AvgIpc) is 2.94. The smallest absolute Gasteiger partial charge is 0.225 e.